The van der Waals surface area contributed by atoms with Gasteiger partial charge in [0.05, 0.1) is 0 Å². The summed E-state index contributed by atoms with van der Waals surface area (Å²) in [7, 11) is 0. The van der Waals surface area contributed by atoms with Gasteiger partial charge in [0, 0.05) is 24.3 Å². The van der Waals surface area contributed by atoms with E-state index in [4.69, 9.17) is 5.11 Å². The van der Waals surface area contributed by atoms with Crippen LogP contribution in [0.25, 0.3) is 0 Å². The first kappa shape index (κ1) is 21.1. The van der Waals surface area contributed by atoms with Gasteiger partial charge in [-0.3, -0.25) is 14.4 Å². The number of hydrogen-bond acceptors (Lipinski definition) is 3. The molecule has 1 N–H and O–H groups in total. The second-order valence-corrected chi connectivity index (χ2v) is 7.66. The number of ketones is 2. The van der Waals surface area contributed by atoms with Gasteiger partial charge < -0.3 is 5.11 Å². The molecule has 0 amide bonds. The number of benzene rings is 1. The van der Waals surface area contributed by atoms with Gasteiger partial charge in [-0.25, -0.2) is 0 Å². The number of carbonyl (C=O) groups excluding carboxylic acids is 2. The van der Waals surface area contributed by atoms with Crippen LogP contribution in [0.5, 0.6) is 0 Å². The summed E-state index contributed by atoms with van der Waals surface area (Å²) in [6, 6.07) is 5.82. The number of carbonyl (C=O) groups is 3. The van der Waals surface area contributed by atoms with Crippen LogP contribution in [0.15, 0.2) is 30.4 Å². The van der Waals surface area contributed by atoms with Gasteiger partial charge in [0.1, 0.15) is 5.78 Å². The van der Waals surface area contributed by atoms with E-state index in [1.54, 1.807) is 6.08 Å². The molecular formula is C23H30O4. The highest BCUT2D eigenvalue weighted by molar-refractivity contribution is 6.05. The van der Waals surface area contributed by atoms with Gasteiger partial charge in [-0.15, -0.1) is 0 Å². The van der Waals surface area contributed by atoms with Crippen molar-refractivity contribution < 1.29 is 19.5 Å². The predicted molar refractivity (Wildman–Crippen MR) is 106 cm³/mol. The monoisotopic (exact) mass is 370 g/mol. The number of unbranched alkanes of at least 4 members (excludes halogenated alkanes) is 3. The van der Waals surface area contributed by atoms with E-state index >= 15 is 0 Å². The van der Waals surface area contributed by atoms with Gasteiger partial charge >= 0.3 is 5.97 Å². The van der Waals surface area contributed by atoms with Crippen LogP contribution in [-0.2, 0) is 9.59 Å². The van der Waals surface area contributed by atoms with E-state index in [-0.39, 0.29) is 24.0 Å². The minimum atomic E-state index is -0.750. The first-order valence-electron chi connectivity index (χ1n) is 9.92. The zero-order valence-electron chi connectivity index (χ0n) is 16.4. The molecule has 2 rings (SSSR count). The summed E-state index contributed by atoms with van der Waals surface area (Å²) in [4.78, 5) is 35.2. The zero-order valence-corrected chi connectivity index (χ0v) is 16.4. The summed E-state index contributed by atoms with van der Waals surface area (Å²) >= 11 is 0. The largest absolute Gasteiger partial charge is 0.481 e. The molecule has 2 unspecified atom stereocenters. The third-order valence-electron chi connectivity index (χ3n) is 5.45. The van der Waals surface area contributed by atoms with E-state index < -0.39 is 5.97 Å². The molecule has 0 aliphatic heterocycles. The summed E-state index contributed by atoms with van der Waals surface area (Å²) < 4.78 is 0. The Labute approximate surface area is 161 Å². The molecule has 1 aliphatic carbocycles. The summed E-state index contributed by atoms with van der Waals surface area (Å²) in [5, 5.41) is 8.65. The maximum absolute atomic E-state index is 12.5. The molecule has 0 bridgehead atoms. The molecule has 1 aromatic rings. The van der Waals surface area contributed by atoms with Crippen LogP contribution in [0.1, 0.15) is 72.9 Å². The molecule has 1 fully saturated rings. The molecule has 146 valence electrons. The van der Waals surface area contributed by atoms with Crippen molar-refractivity contribution in [3.63, 3.8) is 0 Å². The van der Waals surface area contributed by atoms with Crippen molar-refractivity contribution in [1.29, 1.82) is 0 Å². The Bertz CT molecular complexity index is 717. The first-order valence-corrected chi connectivity index (χ1v) is 9.92. The SMILES string of the molecule is Cc1ccc(C(=O)/C=C/C2CCC(=O)C2CCCCCCC(=O)O)c(C)c1. The fourth-order valence-corrected chi connectivity index (χ4v) is 3.92. The third kappa shape index (κ3) is 6.46. The molecule has 1 aromatic carbocycles. The van der Waals surface area contributed by atoms with E-state index in [2.05, 4.69) is 0 Å². The van der Waals surface area contributed by atoms with Crippen molar-refractivity contribution in [2.75, 3.05) is 0 Å². The average Bonchev–Trinajstić information content (AvgIpc) is 2.95. The van der Waals surface area contributed by atoms with Gasteiger partial charge in [0.15, 0.2) is 5.78 Å². The van der Waals surface area contributed by atoms with Gasteiger partial charge in [0.25, 0.3) is 0 Å². The Kier molecular flexibility index (Phi) is 7.96. The number of allylic oxidation sites excluding steroid dienone is 2. The number of rotatable bonds is 10. The molecule has 0 spiro atoms. The molecular weight excluding hydrogens is 340 g/mol. The van der Waals surface area contributed by atoms with E-state index in [0.717, 1.165) is 48.8 Å². The van der Waals surface area contributed by atoms with Crippen molar-refractivity contribution >= 4 is 17.5 Å². The molecule has 1 saturated carbocycles. The fourth-order valence-electron chi connectivity index (χ4n) is 3.92. The minimum Gasteiger partial charge on any atom is -0.481 e. The molecule has 2 atom stereocenters. The van der Waals surface area contributed by atoms with Crippen molar-refractivity contribution in [2.45, 2.75) is 65.2 Å². The molecule has 0 aromatic heterocycles. The average molecular weight is 370 g/mol. The predicted octanol–water partition coefficient (Wildman–Crippen LogP) is 5.06. The number of aryl methyl sites for hydroxylation is 2. The number of Topliss-reactive ketones (excluding diaryl/α,β-unsaturated/α-hetero) is 1. The number of aliphatic carboxylic acids is 1. The van der Waals surface area contributed by atoms with Gasteiger partial charge in [-0.2, -0.15) is 0 Å². The highest BCUT2D eigenvalue weighted by atomic mass is 16.4. The molecule has 0 radical (unpaired) electrons. The molecule has 27 heavy (non-hydrogen) atoms. The normalized spacial score (nSPS) is 19.7. The first-order chi connectivity index (χ1) is 12.9. The van der Waals surface area contributed by atoms with E-state index in [1.165, 1.54) is 0 Å². The lowest BCUT2D eigenvalue weighted by Gasteiger charge is -2.14. The lowest BCUT2D eigenvalue weighted by atomic mass is 9.89. The molecule has 0 heterocycles. The topological polar surface area (TPSA) is 71.4 Å². The third-order valence-corrected chi connectivity index (χ3v) is 5.45. The summed E-state index contributed by atoms with van der Waals surface area (Å²) in [5.74, 6) is -0.299. The quantitative estimate of drug-likeness (QED) is 0.355. The van der Waals surface area contributed by atoms with Gasteiger partial charge in [0.2, 0.25) is 0 Å². The maximum atomic E-state index is 12.5. The Morgan fingerprint density at radius 3 is 2.59 bits per heavy atom. The highest BCUT2D eigenvalue weighted by Crippen LogP contribution is 2.34. The molecule has 4 heteroatoms. The summed E-state index contributed by atoms with van der Waals surface area (Å²) in [6.45, 7) is 3.95. The Morgan fingerprint density at radius 1 is 1.15 bits per heavy atom. The minimum absolute atomic E-state index is 0.000676. The van der Waals surface area contributed by atoms with E-state index in [9.17, 15) is 14.4 Å². The number of hydrogen-bond donors (Lipinski definition) is 1. The van der Waals surface area contributed by atoms with Crippen LogP contribution in [0.4, 0.5) is 0 Å². The number of carboxylic acid groups (broad SMARTS) is 1. The maximum Gasteiger partial charge on any atom is 0.303 e. The molecule has 4 nitrogen and oxygen atoms in total. The number of carboxylic acids is 1. The lowest BCUT2D eigenvalue weighted by molar-refractivity contribution is -0.137. The second-order valence-electron chi connectivity index (χ2n) is 7.66. The van der Waals surface area contributed by atoms with Crippen LogP contribution in [0.3, 0.4) is 0 Å². The zero-order chi connectivity index (χ0) is 19.8. The smallest absolute Gasteiger partial charge is 0.303 e. The van der Waals surface area contributed by atoms with Crippen LogP contribution in [0.2, 0.25) is 0 Å². The van der Waals surface area contributed by atoms with Crippen molar-refractivity contribution in [1.82, 2.24) is 0 Å². The van der Waals surface area contributed by atoms with Crippen molar-refractivity contribution in [2.24, 2.45) is 11.8 Å². The Balaban J connectivity index is 1.86. The summed E-state index contributed by atoms with van der Waals surface area (Å²) in [5.41, 5.74) is 2.83. The fraction of sp³-hybridized carbons (Fsp3) is 0.522. The van der Waals surface area contributed by atoms with Crippen LogP contribution < -0.4 is 0 Å². The van der Waals surface area contributed by atoms with E-state index in [1.807, 2.05) is 38.1 Å². The summed E-state index contributed by atoms with van der Waals surface area (Å²) in [6.07, 6.45) is 9.51. The lowest BCUT2D eigenvalue weighted by Crippen LogP contribution is -2.13. The standard InChI is InChI=1S/C23H30O4/c1-16-9-12-19(17(2)15-16)21(24)13-10-18-11-14-22(25)20(18)7-5-3-4-6-8-23(26)27/h9-10,12-13,15,18,20H,3-8,11,14H2,1-2H3,(H,26,27)/b13-10+. The molecule has 1 aliphatic rings. The Hall–Kier alpha value is -2.23. The van der Waals surface area contributed by atoms with Crippen LogP contribution in [0, 0.1) is 25.7 Å². The van der Waals surface area contributed by atoms with Gasteiger partial charge in [-0.05, 0) is 50.7 Å². The van der Waals surface area contributed by atoms with E-state index in [0.29, 0.717) is 18.6 Å². The Morgan fingerprint density at radius 2 is 1.89 bits per heavy atom. The van der Waals surface area contributed by atoms with Crippen LogP contribution in [-0.4, -0.2) is 22.6 Å². The highest BCUT2D eigenvalue weighted by Gasteiger charge is 2.32. The molecule has 0 saturated heterocycles. The van der Waals surface area contributed by atoms with Gasteiger partial charge in [-0.1, -0.05) is 49.1 Å². The van der Waals surface area contributed by atoms with Crippen molar-refractivity contribution in [3.05, 3.63) is 47.0 Å². The second kappa shape index (κ2) is 10.2. The van der Waals surface area contributed by atoms with Crippen molar-refractivity contribution in [3.8, 4) is 0 Å². The van der Waals surface area contributed by atoms with Crippen LogP contribution >= 0.6 is 0 Å².